The third-order valence-electron chi connectivity index (χ3n) is 7.86. The van der Waals surface area contributed by atoms with E-state index in [2.05, 4.69) is 6.92 Å². The molecule has 0 unspecified atom stereocenters. The summed E-state index contributed by atoms with van der Waals surface area (Å²) in [5.41, 5.74) is 0.557. The molecule has 30 heavy (non-hydrogen) atoms. The molecule has 170 valence electrons. The Balaban J connectivity index is 1.42. The first kappa shape index (κ1) is 23.5. The van der Waals surface area contributed by atoms with E-state index in [0.717, 1.165) is 30.6 Å². The molecule has 1 nitrogen and oxygen atoms in total. The van der Waals surface area contributed by atoms with Gasteiger partial charge >= 0.3 is 0 Å². The lowest BCUT2D eigenvalue weighted by molar-refractivity contribution is 0.155. The predicted molar refractivity (Wildman–Crippen MR) is 121 cm³/mol. The summed E-state index contributed by atoms with van der Waals surface area (Å²) in [6.07, 6.45) is 18.3. The van der Waals surface area contributed by atoms with Crippen molar-refractivity contribution in [3.63, 3.8) is 0 Å². The lowest BCUT2D eigenvalue weighted by Crippen LogP contribution is -2.25. The van der Waals surface area contributed by atoms with Crippen LogP contribution in [-0.2, 0) is 0 Å². The first-order valence-electron chi connectivity index (χ1n) is 12.7. The SMILES string of the molecule is CCCCCCCC1CCC(C2CCC(c3ccc(OCC)c(F)c3F)CC2)CC1. The first-order valence-corrected chi connectivity index (χ1v) is 12.7. The minimum atomic E-state index is -0.815. The van der Waals surface area contributed by atoms with Crippen LogP contribution in [0.15, 0.2) is 12.1 Å². The van der Waals surface area contributed by atoms with Crippen molar-refractivity contribution >= 4 is 0 Å². The summed E-state index contributed by atoms with van der Waals surface area (Å²) in [4.78, 5) is 0. The van der Waals surface area contributed by atoms with E-state index in [9.17, 15) is 8.78 Å². The molecule has 0 heterocycles. The molecule has 0 aromatic heterocycles. The number of benzene rings is 1. The highest BCUT2D eigenvalue weighted by atomic mass is 19.2. The van der Waals surface area contributed by atoms with Crippen molar-refractivity contribution in [3.05, 3.63) is 29.3 Å². The molecule has 0 saturated heterocycles. The molecule has 1 aromatic carbocycles. The van der Waals surface area contributed by atoms with Crippen LogP contribution in [0.25, 0.3) is 0 Å². The Kier molecular flexibility index (Phi) is 9.46. The van der Waals surface area contributed by atoms with Crippen LogP contribution in [0.1, 0.15) is 115 Å². The van der Waals surface area contributed by atoms with Crippen LogP contribution in [0, 0.1) is 29.4 Å². The van der Waals surface area contributed by atoms with Crippen LogP contribution >= 0.6 is 0 Å². The normalized spacial score (nSPS) is 27.2. The number of halogens is 2. The molecule has 2 fully saturated rings. The number of ether oxygens (including phenoxy) is 1. The van der Waals surface area contributed by atoms with Gasteiger partial charge in [-0.25, -0.2) is 4.39 Å². The smallest absolute Gasteiger partial charge is 0.200 e. The van der Waals surface area contributed by atoms with Crippen molar-refractivity contribution in [2.24, 2.45) is 17.8 Å². The second kappa shape index (κ2) is 12.1. The van der Waals surface area contributed by atoms with Gasteiger partial charge in [-0.15, -0.1) is 0 Å². The molecule has 2 aliphatic carbocycles. The van der Waals surface area contributed by atoms with E-state index >= 15 is 0 Å². The first-order chi connectivity index (χ1) is 14.6. The Hall–Kier alpha value is -1.12. The average Bonchev–Trinajstić information content (AvgIpc) is 2.78. The summed E-state index contributed by atoms with van der Waals surface area (Å²) < 4.78 is 34.0. The van der Waals surface area contributed by atoms with Gasteiger partial charge in [0.25, 0.3) is 0 Å². The lowest BCUT2D eigenvalue weighted by Gasteiger charge is -2.38. The van der Waals surface area contributed by atoms with Crippen molar-refractivity contribution < 1.29 is 13.5 Å². The highest BCUT2D eigenvalue weighted by Crippen LogP contribution is 2.45. The van der Waals surface area contributed by atoms with E-state index in [1.54, 1.807) is 19.1 Å². The van der Waals surface area contributed by atoms with Crippen LogP contribution in [-0.4, -0.2) is 6.61 Å². The van der Waals surface area contributed by atoms with E-state index in [1.165, 1.54) is 77.0 Å². The minimum Gasteiger partial charge on any atom is -0.491 e. The largest absolute Gasteiger partial charge is 0.491 e. The Morgan fingerprint density at radius 2 is 1.40 bits per heavy atom. The fraction of sp³-hybridized carbons (Fsp3) is 0.778. The molecular weight excluding hydrogens is 378 g/mol. The summed E-state index contributed by atoms with van der Waals surface area (Å²) in [6, 6.07) is 3.35. The van der Waals surface area contributed by atoms with Gasteiger partial charge in [0.15, 0.2) is 11.6 Å². The van der Waals surface area contributed by atoms with Gasteiger partial charge in [0.2, 0.25) is 5.82 Å². The number of unbranched alkanes of at least 4 members (excludes halogenated alkanes) is 4. The van der Waals surface area contributed by atoms with E-state index < -0.39 is 11.6 Å². The third kappa shape index (κ3) is 6.20. The molecule has 1 aromatic rings. The average molecular weight is 421 g/mol. The van der Waals surface area contributed by atoms with Crippen molar-refractivity contribution in [2.45, 2.75) is 110 Å². The molecule has 2 aliphatic rings. The van der Waals surface area contributed by atoms with E-state index in [-0.39, 0.29) is 11.7 Å². The molecule has 0 bridgehead atoms. The Morgan fingerprint density at radius 3 is 2.03 bits per heavy atom. The summed E-state index contributed by atoms with van der Waals surface area (Å²) in [5.74, 6) is 1.31. The van der Waals surface area contributed by atoms with E-state index in [0.29, 0.717) is 12.2 Å². The van der Waals surface area contributed by atoms with Gasteiger partial charge in [0, 0.05) is 0 Å². The van der Waals surface area contributed by atoms with Gasteiger partial charge in [-0.05, 0) is 80.8 Å². The maximum atomic E-state index is 14.6. The van der Waals surface area contributed by atoms with Gasteiger partial charge in [0.05, 0.1) is 6.61 Å². The van der Waals surface area contributed by atoms with Crippen molar-refractivity contribution in [1.29, 1.82) is 0 Å². The Morgan fingerprint density at radius 1 is 0.767 bits per heavy atom. The summed E-state index contributed by atoms with van der Waals surface area (Å²) in [6.45, 7) is 4.41. The summed E-state index contributed by atoms with van der Waals surface area (Å²) in [5, 5.41) is 0. The topological polar surface area (TPSA) is 9.23 Å². The second-order valence-corrected chi connectivity index (χ2v) is 9.81. The third-order valence-corrected chi connectivity index (χ3v) is 7.86. The van der Waals surface area contributed by atoms with Gasteiger partial charge < -0.3 is 4.74 Å². The standard InChI is InChI=1S/C27H42F2O/c1-3-5-6-7-8-9-20-10-12-21(13-11-20)22-14-16-23(17-15-22)24-18-19-25(30-4-2)27(29)26(24)28/h18-23H,3-17H2,1-2H3. The van der Waals surface area contributed by atoms with Crippen molar-refractivity contribution in [2.75, 3.05) is 6.61 Å². The van der Waals surface area contributed by atoms with Crippen LogP contribution in [0.3, 0.4) is 0 Å². The van der Waals surface area contributed by atoms with Crippen molar-refractivity contribution in [1.82, 2.24) is 0 Å². The van der Waals surface area contributed by atoms with Crippen molar-refractivity contribution in [3.8, 4) is 5.75 Å². The lowest BCUT2D eigenvalue weighted by atomic mass is 9.68. The summed E-state index contributed by atoms with van der Waals surface area (Å²) in [7, 11) is 0. The van der Waals surface area contributed by atoms with Crippen LogP contribution in [0.4, 0.5) is 8.78 Å². The molecule has 2 saturated carbocycles. The predicted octanol–water partition coefficient (Wildman–Crippen LogP) is 8.80. The zero-order valence-electron chi connectivity index (χ0n) is 19.2. The fourth-order valence-electron chi connectivity index (χ4n) is 6.02. The molecule has 0 atom stereocenters. The number of hydrogen-bond donors (Lipinski definition) is 0. The molecular formula is C27H42F2O. The number of hydrogen-bond acceptors (Lipinski definition) is 1. The highest BCUT2D eigenvalue weighted by Gasteiger charge is 2.32. The van der Waals surface area contributed by atoms with Gasteiger partial charge in [0.1, 0.15) is 0 Å². The Labute approximate surface area is 183 Å². The van der Waals surface area contributed by atoms with Crippen LogP contribution in [0.5, 0.6) is 5.75 Å². The monoisotopic (exact) mass is 420 g/mol. The van der Waals surface area contributed by atoms with Gasteiger partial charge in [-0.2, -0.15) is 4.39 Å². The minimum absolute atomic E-state index is 0.0366. The maximum Gasteiger partial charge on any atom is 0.200 e. The zero-order valence-corrected chi connectivity index (χ0v) is 19.2. The van der Waals surface area contributed by atoms with E-state index in [1.807, 2.05) is 0 Å². The summed E-state index contributed by atoms with van der Waals surface area (Å²) >= 11 is 0. The molecule has 0 spiro atoms. The van der Waals surface area contributed by atoms with Gasteiger partial charge in [-0.3, -0.25) is 0 Å². The van der Waals surface area contributed by atoms with Crippen LogP contribution in [0.2, 0.25) is 0 Å². The highest BCUT2D eigenvalue weighted by molar-refractivity contribution is 5.33. The quantitative estimate of drug-likeness (QED) is 0.344. The molecule has 0 amide bonds. The second-order valence-electron chi connectivity index (χ2n) is 9.81. The number of rotatable bonds is 10. The maximum absolute atomic E-state index is 14.6. The molecule has 0 radical (unpaired) electrons. The van der Waals surface area contributed by atoms with Crippen LogP contribution < -0.4 is 4.74 Å². The zero-order chi connectivity index (χ0) is 21.3. The molecule has 3 rings (SSSR count). The molecule has 0 N–H and O–H groups in total. The van der Waals surface area contributed by atoms with Gasteiger partial charge in [-0.1, -0.05) is 64.4 Å². The fourth-order valence-corrected chi connectivity index (χ4v) is 6.02. The molecule has 3 heteroatoms. The molecule has 0 aliphatic heterocycles. The van der Waals surface area contributed by atoms with E-state index in [4.69, 9.17) is 4.74 Å². The Bertz CT molecular complexity index is 628.